The van der Waals surface area contributed by atoms with Crippen molar-refractivity contribution in [1.82, 2.24) is 10.2 Å². The minimum absolute atomic E-state index is 0.0227. The van der Waals surface area contributed by atoms with Crippen LogP contribution < -0.4 is 10.1 Å². The van der Waals surface area contributed by atoms with Gasteiger partial charge >= 0.3 is 0 Å². The molecule has 3 rings (SSSR count). The normalized spacial score (nSPS) is 12.4. The Morgan fingerprint density at radius 2 is 1.68 bits per heavy atom. The first-order valence-corrected chi connectivity index (χ1v) is 13.3. The van der Waals surface area contributed by atoms with Crippen molar-refractivity contribution in [3.05, 3.63) is 101 Å². The lowest BCUT2D eigenvalue weighted by Gasteiger charge is -2.32. The van der Waals surface area contributed by atoms with Crippen molar-refractivity contribution in [2.45, 2.75) is 65.1 Å². The zero-order chi connectivity index (χ0) is 26.6. The fourth-order valence-electron chi connectivity index (χ4n) is 4.09. The number of nitrogens with zero attached hydrogens (tertiary/aromatic N) is 1. The zero-order valence-corrected chi connectivity index (χ0v) is 22.7. The molecule has 2 amide bonds. The van der Waals surface area contributed by atoms with Gasteiger partial charge in [-0.25, -0.2) is 0 Å². The topological polar surface area (TPSA) is 58.6 Å². The fraction of sp³-hybridized carbons (Fsp3) is 0.355. The summed E-state index contributed by atoms with van der Waals surface area (Å²) >= 11 is 5.94. The highest BCUT2D eigenvalue weighted by Crippen LogP contribution is 2.19. The number of halogens is 1. The van der Waals surface area contributed by atoms with E-state index in [1.54, 1.807) is 17.0 Å². The van der Waals surface area contributed by atoms with Crippen molar-refractivity contribution in [3.63, 3.8) is 0 Å². The second kappa shape index (κ2) is 14.4. The molecule has 0 bridgehead atoms. The monoisotopic (exact) mass is 520 g/mol. The summed E-state index contributed by atoms with van der Waals surface area (Å²) in [6.07, 6.45) is 2.08. The molecule has 3 aromatic carbocycles. The molecule has 0 aliphatic heterocycles. The first-order valence-electron chi connectivity index (χ1n) is 12.9. The van der Waals surface area contributed by atoms with E-state index in [9.17, 15) is 9.59 Å². The number of amides is 2. The van der Waals surface area contributed by atoms with E-state index in [2.05, 4.69) is 11.4 Å². The van der Waals surface area contributed by atoms with Gasteiger partial charge in [0.25, 0.3) is 0 Å². The van der Waals surface area contributed by atoms with Gasteiger partial charge in [0.2, 0.25) is 11.8 Å². The molecule has 0 aliphatic rings. The van der Waals surface area contributed by atoms with Crippen LogP contribution in [0.4, 0.5) is 0 Å². The Morgan fingerprint density at radius 3 is 2.35 bits per heavy atom. The van der Waals surface area contributed by atoms with Crippen LogP contribution in [0.25, 0.3) is 0 Å². The third kappa shape index (κ3) is 9.25. The lowest BCUT2D eigenvalue weighted by Crippen LogP contribution is -2.52. The smallest absolute Gasteiger partial charge is 0.243 e. The Balaban J connectivity index is 1.79. The molecule has 0 heterocycles. The molecule has 0 aromatic heterocycles. The molecule has 196 valence electrons. The molecule has 0 radical (unpaired) electrons. The van der Waals surface area contributed by atoms with Crippen molar-refractivity contribution < 1.29 is 14.3 Å². The van der Waals surface area contributed by atoms with E-state index in [0.717, 1.165) is 23.1 Å². The maximum absolute atomic E-state index is 13.7. The van der Waals surface area contributed by atoms with Crippen molar-refractivity contribution in [2.75, 3.05) is 6.61 Å². The maximum Gasteiger partial charge on any atom is 0.243 e. The quantitative estimate of drug-likeness (QED) is 0.267. The number of ether oxygens (including phenoxy) is 1. The Bertz CT molecular complexity index is 1130. The standard InChI is InChI=1S/C31H37ClN2O3/c1-4-24(3)33-31(36)29(21-25-11-6-5-7-12-25)34(22-26-13-8-10-23(2)20-26)30(35)14-9-19-37-28-17-15-27(32)16-18-28/h5-8,10-13,15-18,20,24,29H,4,9,14,19,21-22H2,1-3H3,(H,33,36)/t24-,29-/m0/s1. The van der Waals surface area contributed by atoms with E-state index in [1.807, 2.05) is 81.4 Å². The van der Waals surface area contributed by atoms with Crippen LogP contribution in [0.15, 0.2) is 78.9 Å². The van der Waals surface area contributed by atoms with Crippen LogP contribution in [0.1, 0.15) is 49.8 Å². The predicted octanol–water partition coefficient (Wildman–Crippen LogP) is 6.36. The average molecular weight is 521 g/mol. The van der Waals surface area contributed by atoms with E-state index in [0.29, 0.717) is 36.8 Å². The third-order valence-electron chi connectivity index (χ3n) is 6.32. The molecular formula is C31H37ClN2O3. The molecule has 0 saturated carbocycles. The summed E-state index contributed by atoms with van der Waals surface area (Å²) < 4.78 is 5.79. The number of hydrogen-bond acceptors (Lipinski definition) is 3. The van der Waals surface area contributed by atoms with Gasteiger partial charge in [-0.05, 0) is 62.1 Å². The Labute approximate surface area is 225 Å². The predicted molar refractivity (Wildman–Crippen MR) is 150 cm³/mol. The van der Waals surface area contributed by atoms with E-state index in [-0.39, 0.29) is 24.3 Å². The van der Waals surface area contributed by atoms with Gasteiger partial charge in [0.05, 0.1) is 6.61 Å². The summed E-state index contributed by atoms with van der Waals surface area (Å²) in [5, 5.41) is 3.76. The van der Waals surface area contributed by atoms with Crippen molar-refractivity contribution >= 4 is 23.4 Å². The number of benzene rings is 3. The van der Waals surface area contributed by atoms with Crippen molar-refractivity contribution in [3.8, 4) is 5.75 Å². The first kappa shape index (κ1) is 28.3. The maximum atomic E-state index is 13.7. The molecule has 5 nitrogen and oxygen atoms in total. The van der Waals surface area contributed by atoms with Gasteiger partial charge in [-0.3, -0.25) is 9.59 Å². The lowest BCUT2D eigenvalue weighted by molar-refractivity contribution is -0.141. The molecule has 0 saturated heterocycles. The second-order valence-electron chi connectivity index (χ2n) is 9.44. The van der Waals surface area contributed by atoms with Gasteiger partial charge in [-0.1, -0.05) is 78.7 Å². The molecule has 37 heavy (non-hydrogen) atoms. The third-order valence-corrected chi connectivity index (χ3v) is 6.58. The van der Waals surface area contributed by atoms with Crippen LogP contribution in [0.3, 0.4) is 0 Å². The molecule has 3 aromatic rings. The molecule has 2 atom stereocenters. The molecule has 6 heteroatoms. The Morgan fingerprint density at radius 1 is 0.973 bits per heavy atom. The largest absolute Gasteiger partial charge is 0.494 e. The molecule has 0 aliphatic carbocycles. The SMILES string of the molecule is CC[C@H](C)NC(=O)[C@H](Cc1ccccc1)N(Cc1cccc(C)c1)C(=O)CCCOc1ccc(Cl)cc1. The Hall–Kier alpha value is -3.31. The highest BCUT2D eigenvalue weighted by molar-refractivity contribution is 6.30. The summed E-state index contributed by atoms with van der Waals surface area (Å²) in [4.78, 5) is 28.9. The summed E-state index contributed by atoms with van der Waals surface area (Å²) in [6.45, 7) is 6.81. The molecule has 1 N–H and O–H groups in total. The number of nitrogens with one attached hydrogen (secondary N) is 1. The van der Waals surface area contributed by atoms with Gasteiger partial charge in [-0.2, -0.15) is 0 Å². The van der Waals surface area contributed by atoms with E-state index < -0.39 is 6.04 Å². The molecule has 0 spiro atoms. The van der Waals surface area contributed by atoms with E-state index >= 15 is 0 Å². The van der Waals surface area contributed by atoms with Crippen LogP contribution in [0, 0.1) is 6.92 Å². The molecule has 0 fully saturated rings. The number of carbonyl (C=O) groups is 2. The highest BCUT2D eigenvalue weighted by Gasteiger charge is 2.30. The highest BCUT2D eigenvalue weighted by atomic mass is 35.5. The second-order valence-corrected chi connectivity index (χ2v) is 9.88. The lowest BCUT2D eigenvalue weighted by atomic mass is 10.0. The number of carbonyl (C=O) groups excluding carboxylic acids is 2. The minimum atomic E-state index is -0.624. The molecular weight excluding hydrogens is 484 g/mol. The van der Waals surface area contributed by atoms with Gasteiger partial charge in [-0.15, -0.1) is 0 Å². The van der Waals surface area contributed by atoms with Crippen LogP contribution in [-0.2, 0) is 22.6 Å². The van der Waals surface area contributed by atoms with Crippen LogP contribution in [-0.4, -0.2) is 35.4 Å². The zero-order valence-electron chi connectivity index (χ0n) is 22.0. The van der Waals surface area contributed by atoms with Gasteiger partial charge in [0.1, 0.15) is 11.8 Å². The van der Waals surface area contributed by atoms with Crippen LogP contribution in [0.5, 0.6) is 5.75 Å². The summed E-state index contributed by atoms with van der Waals surface area (Å²) in [7, 11) is 0. The van der Waals surface area contributed by atoms with Gasteiger partial charge in [0.15, 0.2) is 0 Å². The minimum Gasteiger partial charge on any atom is -0.494 e. The summed E-state index contributed by atoms with van der Waals surface area (Å²) in [6, 6.07) is 24.5. The average Bonchev–Trinajstić information content (AvgIpc) is 2.90. The first-order chi connectivity index (χ1) is 17.9. The van der Waals surface area contributed by atoms with E-state index in [1.165, 1.54) is 0 Å². The number of rotatable bonds is 13. The van der Waals surface area contributed by atoms with Gasteiger partial charge < -0.3 is 15.0 Å². The number of hydrogen-bond donors (Lipinski definition) is 1. The van der Waals surface area contributed by atoms with Crippen LogP contribution in [0.2, 0.25) is 5.02 Å². The van der Waals surface area contributed by atoms with Crippen molar-refractivity contribution in [2.24, 2.45) is 0 Å². The summed E-state index contributed by atoms with van der Waals surface area (Å²) in [5.41, 5.74) is 3.13. The fourth-order valence-corrected chi connectivity index (χ4v) is 4.22. The molecule has 0 unspecified atom stereocenters. The van der Waals surface area contributed by atoms with E-state index in [4.69, 9.17) is 16.3 Å². The Kier molecular flexibility index (Phi) is 11.0. The van der Waals surface area contributed by atoms with Crippen LogP contribution >= 0.6 is 11.6 Å². The number of aryl methyl sites for hydroxylation is 1. The van der Waals surface area contributed by atoms with Crippen molar-refractivity contribution in [1.29, 1.82) is 0 Å². The summed E-state index contributed by atoms with van der Waals surface area (Å²) in [5.74, 6) is 0.515. The van der Waals surface area contributed by atoms with Gasteiger partial charge in [0, 0.05) is 30.5 Å².